The summed E-state index contributed by atoms with van der Waals surface area (Å²) in [4.78, 5) is 16.3. The van der Waals surface area contributed by atoms with E-state index in [2.05, 4.69) is 22.2 Å². The van der Waals surface area contributed by atoms with Crippen molar-refractivity contribution in [1.82, 2.24) is 24.9 Å². The van der Waals surface area contributed by atoms with Crippen LogP contribution in [-0.2, 0) is 13.6 Å². The lowest BCUT2D eigenvalue weighted by Gasteiger charge is -2.22. The molecule has 6 nitrogen and oxygen atoms in total. The van der Waals surface area contributed by atoms with Crippen LogP contribution in [0.4, 0.5) is 0 Å². The second-order valence-electron chi connectivity index (χ2n) is 6.57. The second-order valence-corrected chi connectivity index (χ2v) is 7.52. The number of thiophene rings is 1. The molecule has 1 aliphatic carbocycles. The number of aryl methyl sites for hydroxylation is 2. The molecular weight excluding hydrogens is 334 g/mol. The molecule has 1 fully saturated rings. The van der Waals surface area contributed by atoms with E-state index in [1.165, 1.54) is 0 Å². The molecule has 1 saturated carbocycles. The van der Waals surface area contributed by atoms with E-state index in [0.29, 0.717) is 18.2 Å². The summed E-state index contributed by atoms with van der Waals surface area (Å²) >= 11 is 1.60. The van der Waals surface area contributed by atoms with Gasteiger partial charge < -0.3 is 4.90 Å². The van der Waals surface area contributed by atoms with E-state index in [9.17, 15) is 4.79 Å². The van der Waals surface area contributed by atoms with Crippen molar-refractivity contribution < 1.29 is 4.79 Å². The van der Waals surface area contributed by atoms with Crippen LogP contribution in [0.2, 0.25) is 0 Å². The fourth-order valence-electron chi connectivity index (χ4n) is 3.18. The summed E-state index contributed by atoms with van der Waals surface area (Å²) in [5.41, 5.74) is 4.70. The second kappa shape index (κ2) is 6.15. The van der Waals surface area contributed by atoms with E-state index < -0.39 is 0 Å². The number of carbonyl (C=O) groups excluding carboxylic acids is 1. The van der Waals surface area contributed by atoms with Crippen molar-refractivity contribution in [2.45, 2.75) is 39.3 Å². The first-order valence-corrected chi connectivity index (χ1v) is 9.31. The van der Waals surface area contributed by atoms with Crippen LogP contribution in [0.15, 0.2) is 23.7 Å². The van der Waals surface area contributed by atoms with E-state index >= 15 is 0 Å². The van der Waals surface area contributed by atoms with Crippen molar-refractivity contribution in [2.24, 2.45) is 7.05 Å². The molecule has 1 N–H and O–H groups in total. The molecule has 3 aromatic heterocycles. The number of nitrogens with zero attached hydrogens (tertiary/aromatic N) is 4. The largest absolute Gasteiger partial charge is 0.331 e. The molecule has 0 saturated heterocycles. The predicted molar refractivity (Wildman–Crippen MR) is 97.5 cm³/mol. The van der Waals surface area contributed by atoms with Crippen LogP contribution >= 0.6 is 11.3 Å². The Hall–Kier alpha value is -2.41. The lowest BCUT2D eigenvalue weighted by Crippen LogP contribution is -2.33. The average Bonchev–Trinajstić information content (AvgIpc) is 3.00. The van der Waals surface area contributed by atoms with Gasteiger partial charge in [-0.15, -0.1) is 11.3 Å². The van der Waals surface area contributed by atoms with Gasteiger partial charge in [0.1, 0.15) is 0 Å². The van der Waals surface area contributed by atoms with Crippen LogP contribution in [0.3, 0.4) is 0 Å². The maximum absolute atomic E-state index is 13.3. The number of rotatable bonds is 5. The first kappa shape index (κ1) is 16.1. The SMILES string of the molecule is Cc1nn(C)c(C)c1CN(C(=O)c1cn[nH]c1-c1cccs1)C1CC1. The Labute approximate surface area is 150 Å². The number of H-pyrrole nitrogens is 1. The summed E-state index contributed by atoms with van der Waals surface area (Å²) in [6.45, 7) is 4.66. The minimum absolute atomic E-state index is 0.0438. The highest BCUT2D eigenvalue weighted by atomic mass is 32.1. The predicted octanol–water partition coefficient (Wildman–Crippen LogP) is 3.29. The number of hydrogen-bond acceptors (Lipinski definition) is 4. The number of amides is 1. The zero-order chi connectivity index (χ0) is 17.6. The number of aromatic nitrogens is 4. The summed E-state index contributed by atoms with van der Waals surface area (Å²) in [5.74, 6) is 0.0438. The Balaban J connectivity index is 1.66. The molecule has 4 rings (SSSR count). The molecule has 0 unspecified atom stereocenters. The van der Waals surface area contributed by atoms with Gasteiger partial charge in [-0.05, 0) is 38.1 Å². The molecular formula is C18H21N5OS. The molecule has 25 heavy (non-hydrogen) atoms. The van der Waals surface area contributed by atoms with Gasteiger partial charge >= 0.3 is 0 Å². The van der Waals surface area contributed by atoms with Gasteiger partial charge in [0.15, 0.2) is 0 Å². The molecule has 130 valence electrons. The molecule has 0 aromatic carbocycles. The summed E-state index contributed by atoms with van der Waals surface area (Å²) in [6.07, 6.45) is 3.78. The molecule has 0 radical (unpaired) electrons. The van der Waals surface area contributed by atoms with E-state index in [1.54, 1.807) is 17.5 Å². The van der Waals surface area contributed by atoms with E-state index in [-0.39, 0.29) is 5.91 Å². The van der Waals surface area contributed by atoms with Crippen molar-refractivity contribution in [3.8, 4) is 10.6 Å². The lowest BCUT2D eigenvalue weighted by molar-refractivity contribution is 0.0730. The third-order valence-electron chi connectivity index (χ3n) is 4.87. The van der Waals surface area contributed by atoms with Crippen molar-refractivity contribution in [2.75, 3.05) is 0 Å². The van der Waals surface area contributed by atoms with Crippen molar-refractivity contribution in [3.05, 3.63) is 46.2 Å². The van der Waals surface area contributed by atoms with Gasteiger partial charge in [-0.25, -0.2) is 0 Å². The maximum atomic E-state index is 13.3. The van der Waals surface area contributed by atoms with Gasteiger partial charge in [0, 0.05) is 30.9 Å². The fraction of sp³-hybridized carbons (Fsp3) is 0.389. The number of nitrogens with one attached hydrogen (secondary N) is 1. The Kier molecular flexibility index (Phi) is 3.95. The third-order valence-corrected chi connectivity index (χ3v) is 5.76. The number of carbonyl (C=O) groups is 1. The summed E-state index contributed by atoms with van der Waals surface area (Å²) in [6, 6.07) is 4.31. The minimum Gasteiger partial charge on any atom is -0.331 e. The van der Waals surface area contributed by atoms with E-state index in [0.717, 1.165) is 40.4 Å². The molecule has 3 aromatic rings. The third kappa shape index (κ3) is 2.89. The first-order chi connectivity index (χ1) is 12.1. The molecule has 1 amide bonds. The smallest absolute Gasteiger partial charge is 0.258 e. The van der Waals surface area contributed by atoms with Gasteiger partial charge in [-0.2, -0.15) is 10.2 Å². The van der Waals surface area contributed by atoms with Crippen LogP contribution in [0.5, 0.6) is 0 Å². The van der Waals surface area contributed by atoms with Gasteiger partial charge in [0.2, 0.25) is 0 Å². The average molecular weight is 355 g/mol. The fourth-order valence-corrected chi connectivity index (χ4v) is 3.92. The highest BCUT2D eigenvalue weighted by molar-refractivity contribution is 7.13. The molecule has 7 heteroatoms. The van der Waals surface area contributed by atoms with E-state index in [1.807, 2.05) is 41.1 Å². The van der Waals surface area contributed by atoms with Crippen molar-refractivity contribution >= 4 is 17.2 Å². The van der Waals surface area contributed by atoms with Crippen LogP contribution in [-0.4, -0.2) is 36.8 Å². The van der Waals surface area contributed by atoms with Crippen LogP contribution in [0, 0.1) is 13.8 Å². The Morgan fingerprint density at radius 3 is 2.84 bits per heavy atom. The standard InChI is InChI=1S/C18H21N5OS/c1-11-15(12(2)22(3)21-11)10-23(13-6-7-13)18(24)14-9-19-20-17(14)16-5-4-8-25-16/h4-5,8-9,13H,6-7,10H2,1-3H3,(H,19,20). The molecule has 0 spiro atoms. The summed E-state index contributed by atoms with van der Waals surface area (Å²) in [7, 11) is 1.94. The minimum atomic E-state index is 0.0438. The Morgan fingerprint density at radius 2 is 2.24 bits per heavy atom. The van der Waals surface area contributed by atoms with Gasteiger partial charge in [-0.1, -0.05) is 6.07 Å². The zero-order valence-electron chi connectivity index (χ0n) is 14.6. The molecule has 1 aliphatic rings. The number of aromatic amines is 1. The Bertz CT molecular complexity index is 904. The monoisotopic (exact) mass is 355 g/mol. The highest BCUT2D eigenvalue weighted by Crippen LogP contribution is 2.33. The Morgan fingerprint density at radius 1 is 1.44 bits per heavy atom. The highest BCUT2D eigenvalue weighted by Gasteiger charge is 2.35. The van der Waals surface area contributed by atoms with Crippen molar-refractivity contribution in [3.63, 3.8) is 0 Å². The lowest BCUT2D eigenvalue weighted by atomic mass is 10.1. The van der Waals surface area contributed by atoms with Crippen LogP contribution in [0.25, 0.3) is 10.6 Å². The van der Waals surface area contributed by atoms with Crippen molar-refractivity contribution in [1.29, 1.82) is 0 Å². The topological polar surface area (TPSA) is 66.8 Å². The van der Waals surface area contributed by atoms with Gasteiger partial charge in [0.05, 0.1) is 28.0 Å². The number of hydrogen-bond donors (Lipinski definition) is 1. The van der Waals surface area contributed by atoms with E-state index in [4.69, 9.17) is 0 Å². The van der Waals surface area contributed by atoms with Crippen LogP contribution < -0.4 is 0 Å². The van der Waals surface area contributed by atoms with Gasteiger partial charge in [0.25, 0.3) is 5.91 Å². The zero-order valence-corrected chi connectivity index (χ0v) is 15.4. The normalized spacial score (nSPS) is 14.0. The van der Waals surface area contributed by atoms with Crippen LogP contribution in [0.1, 0.15) is 40.2 Å². The molecule has 3 heterocycles. The first-order valence-electron chi connectivity index (χ1n) is 8.43. The summed E-state index contributed by atoms with van der Waals surface area (Å²) in [5, 5.41) is 13.6. The molecule has 0 aliphatic heterocycles. The molecule has 0 atom stereocenters. The summed E-state index contributed by atoms with van der Waals surface area (Å²) < 4.78 is 1.88. The quantitative estimate of drug-likeness (QED) is 0.764. The van der Waals surface area contributed by atoms with Gasteiger partial charge in [-0.3, -0.25) is 14.6 Å². The maximum Gasteiger partial charge on any atom is 0.258 e. The molecule has 0 bridgehead atoms.